The van der Waals surface area contributed by atoms with Crippen LogP contribution in [0.5, 0.6) is 0 Å². The van der Waals surface area contributed by atoms with Gasteiger partial charge in [-0.1, -0.05) is 30.7 Å². The minimum atomic E-state index is 0.363. The van der Waals surface area contributed by atoms with Crippen LogP contribution in [-0.2, 0) is 15.9 Å². The second-order valence-corrected chi connectivity index (χ2v) is 4.96. The number of hydrogen-bond acceptors (Lipinski definition) is 3. The Morgan fingerprint density at radius 2 is 2.00 bits per heavy atom. The number of nitrogens with one attached hydrogen (secondary N) is 1. The van der Waals surface area contributed by atoms with Gasteiger partial charge in [0.25, 0.3) is 0 Å². The Kier molecular flexibility index (Phi) is 7.72. The fourth-order valence-electron chi connectivity index (χ4n) is 2.13. The maximum atomic E-state index is 5.64. The van der Waals surface area contributed by atoms with Gasteiger partial charge in [-0.25, -0.2) is 0 Å². The van der Waals surface area contributed by atoms with E-state index in [2.05, 4.69) is 44.3 Å². The highest BCUT2D eigenvalue weighted by molar-refractivity contribution is 5.31. The summed E-state index contributed by atoms with van der Waals surface area (Å²) in [5, 5.41) is 3.49. The van der Waals surface area contributed by atoms with E-state index >= 15 is 0 Å². The lowest BCUT2D eigenvalue weighted by atomic mass is 9.99. The summed E-state index contributed by atoms with van der Waals surface area (Å²) in [6.07, 6.45) is 1.01. The molecule has 1 aromatic rings. The van der Waals surface area contributed by atoms with Gasteiger partial charge in [0, 0.05) is 13.2 Å². The Morgan fingerprint density at radius 1 is 1.21 bits per heavy atom. The summed E-state index contributed by atoms with van der Waals surface area (Å²) in [7, 11) is 1.70. The lowest BCUT2D eigenvalue weighted by molar-refractivity contribution is 0.0589. The molecule has 1 aromatic carbocycles. The molecule has 0 aliphatic heterocycles. The highest BCUT2D eigenvalue weighted by Gasteiger charge is 2.10. The van der Waals surface area contributed by atoms with Crippen LogP contribution in [0.25, 0.3) is 0 Å². The van der Waals surface area contributed by atoms with E-state index in [1.165, 1.54) is 16.7 Å². The highest BCUT2D eigenvalue weighted by atomic mass is 16.5. The summed E-state index contributed by atoms with van der Waals surface area (Å²) >= 11 is 0. The zero-order valence-corrected chi connectivity index (χ0v) is 12.7. The van der Waals surface area contributed by atoms with Crippen LogP contribution < -0.4 is 5.32 Å². The van der Waals surface area contributed by atoms with Gasteiger partial charge in [-0.15, -0.1) is 0 Å². The summed E-state index contributed by atoms with van der Waals surface area (Å²) in [5.74, 6) is 0. The molecule has 1 rings (SSSR count). The largest absolute Gasteiger partial charge is 0.382 e. The van der Waals surface area contributed by atoms with Gasteiger partial charge in [0.15, 0.2) is 0 Å². The van der Waals surface area contributed by atoms with Crippen LogP contribution in [0, 0.1) is 13.8 Å². The van der Waals surface area contributed by atoms with Crippen molar-refractivity contribution in [3.63, 3.8) is 0 Å². The molecule has 0 aliphatic carbocycles. The highest BCUT2D eigenvalue weighted by Crippen LogP contribution is 2.13. The Hall–Kier alpha value is -0.900. The third-order valence-electron chi connectivity index (χ3n) is 3.21. The number of rotatable bonds is 9. The molecule has 0 amide bonds. The van der Waals surface area contributed by atoms with Crippen LogP contribution in [0.2, 0.25) is 0 Å². The molecule has 1 atom stereocenters. The number of aryl methyl sites for hydroxylation is 2. The second kappa shape index (κ2) is 9.08. The van der Waals surface area contributed by atoms with Crippen LogP contribution in [0.15, 0.2) is 18.2 Å². The van der Waals surface area contributed by atoms with E-state index in [1.54, 1.807) is 7.11 Å². The monoisotopic (exact) mass is 265 g/mol. The lowest BCUT2D eigenvalue weighted by Gasteiger charge is -2.19. The van der Waals surface area contributed by atoms with E-state index in [4.69, 9.17) is 9.47 Å². The molecule has 0 aromatic heterocycles. The Labute approximate surface area is 117 Å². The molecular formula is C16H27NO2. The third-order valence-corrected chi connectivity index (χ3v) is 3.21. The summed E-state index contributed by atoms with van der Waals surface area (Å²) in [6, 6.07) is 6.99. The normalized spacial score (nSPS) is 12.6. The van der Waals surface area contributed by atoms with Crippen molar-refractivity contribution in [3.8, 4) is 0 Å². The standard InChI is InChI=1S/C16H27NO2/c1-5-17-16(12-19-9-8-18-4)11-15-10-13(2)6-7-14(15)3/h6-7,10,16-17H,5,8-9,11-12H2,1-4H3. The number of ether oxygens (including phenoxy) is 2. The fraction of sp³-hybridized carbons (Fsp3) is 0.625. The zero-order valence-electron chi connectivity index (χ0n) is 12.7. The molecule has 0 spiro atoms. The van der Waals surface area contributed by atoms with Gasteiger partial charge in [0.05, 0.1) is 19.8 Å². The minimum absolute atomic E-state index is 0.363. The quantitative estimate of drug-likeness (QED) is 0.696. The van der Waals surface area contributed by atoms with Crippen molar-refractivity contribution < 1.29 is 9.47 Å². The fourth-order valence-corrected chi connectivity index (χ4v) is 2.13. The summed E-state index contributed by atoms with van der Waals surface area (Å²) in [5.41, 5.74) is 4.07. The van der Waals surface area contributed by atoms with Gasteiger partial charge in [0.1, 0.15) is 0 Å². The van der Waals surface area contributed by atoms with Crippen LogP contribution in [0.1, 0.15) is 23.6 Å². The summed E-state index contributed by atoms with van der Waals surface area (Å²) in [4.78, 5) is 0. The maximum absolute atomic E-state index is 5.64. The van der Waals surface area contributed by atoms with Gasteiger partial charge < -0.3 is 14.8 Å². The number of benzene rings is 1. The van der Waals surface area contributed by atoms with E-state index in [0.29, 0.717) is 19.3 Å². The van der Waals surface area contributed by atoms with Crippen LogP contribution in [0.3, 0.4) is 0 Å². The second-order valence-electron chi connectivity index (χ2n) is 4.96. The molecule has 1 N–H and O–H groups in total. The number of likely N-dealkylation sites (N-methyl/N-ethyl adjacent to an activating group) is 1. The molecular weight excluding hydrogens is 238 g/mol. The minimum Gasteiger partial charge on any atom is -0.382 e. The average molecular weight is 265 g/mol. The smallest absolute Gasteiger partial charge is 0.0701 e. The Bertz CT molecular complexity index is 366. The van der Waals surface area contributed by atoms with Gasteiger partial charge in [-0.3, -0.25) is 0 Å². The van der Waals surface area contributed by atoms with E-state index in [1.807, 2.05) is 0 Å². The Morgan fingerprint density at radius 3 is 2.68 bits per heavy atom. The predicted molar refractivity (Wildman–Crippen MR) is 79.8 cm³/mol. The van der Waals surface area contributed by atoms with Crippen molar-refractivity contribution >= 4 is 0 Å². The van der Waals surface area contributed by atoms with Crippen molar-refractivity contribution in [3.05, 3.63) is 34.9 Å². The first-order chi connectivity index (χ1) is 9.17. The molecule has 3 heteroatoms. The molecule has 108 valence electrons. The Balaban J connectivity index is 2.54. The topological polar surface area (TPSA) is 30.5 Å². The van der Waals surface area contributed by atoms with Gasteiger partial charge >= 0.3 is 0 Å². The maximum Gasteiger partial charge on any atom is 0.0701 e. The summed E-state index contributed by atoms with van der Waals surface area (Å²) < 4.78 is 10.6. The predicted octanol–water partition coefficient (Wildman–Crippen LogP) is 2.49. The first kappa shape index (κ1) is 16.2. The molecule has 19 heavy (non-hydrogen) atoms. The molecule has 0 saturated carbocycles. The average Bonchev–Trinajstić information content (AvgIpc) is 2.39. The third kappa shape index (κ3) is 6.19. The van der Waals surface area contributed by atoms with Crippen molar-refractivity contribution in [2.45, 2.75) is 33.2 Å². The number of methoxy groups -OCH3 is 1. The van der Waals surface area contributed by atoms with E-state index < -0.39 is 0 Å². The van der Waals surface area contributed by atoms with Crippen LogP contribution >= 0.6 is 0 Å². The van der Waals surface area contributed by atoms with Gasteiger partial charge in [-0.2, -0.15) is 0 Å². The molecule has 0 saturated heterocycles. The van der Waals surface area contributed by atoms with Crippen molar-refractivity contribution in [2.24, 2.45) is 0 Å². The molecule has 0 heterocycles. The molecule has 1 unspecified atom stereocenters. The van der Waals surface area contributed by atoms with Crippen LogP contribution in [-0.4, -0.2) is 39.5 Å². The molecule has 0 bridgehead atoms. The van der Waals surface area contributed by atoms with Gasteiger partial charge in [-0.05, 0) is 37.9 Å². The lowest BCUT2D eigenvalue weighted by Crippen LogP contribution is -2.36. The molecule has 0 fully saturated rings. The van der Waals surface area contributed by atoms with E-state index in [9.17, 15) is 0 Å². The van der Waals surface area contributed by atoms with Crippen LogP contribution in [0.4, 0.5) is 0 Å². The summed E-state index contributed by atoms with van der Waals surface area (Å²) in [6.45, 7) is 9.44. The molecule has 0 radical (unpaired) electrons. The first-order valence-corrected chi connectivity index (χ1v) is 7.03. The van der Waals surface area contributed by atoms with Crippen molar-refractivity contribution in [2.75, 3.05) is 33.5 Å². The number of hydrogen-bond donors (Lipinski definition) is 1. The van der Waals surface area contributed by atoms with E-state index in [-0.39, 0.29) is 0 Å². The van der Waals surface area contributed by atoms with Gasteiger partial charge in [0.2, 0.25) is 0 Å². The van der Waals surface area contributed by atoms with Crippen molar-refractivity contribution in [1.29, 1.82) is 0 Å². The molecule has 3 nitrogen and oxygen atoms in total. The van der Waals surface area contributed by atoms with E-state index in [0.717, 1.165) is 19.6 Å². The SMILES string of the molecule is CCNC(COCCOC)Cc1cc(C)ccc1C. The first-order valence-electron chi connectivity index (χ1n) is 7.03. The van der Waals surface area contributed by atoms with Crippen molar-refractivity contribution in [1.82, 2.24) is 5.32 Å². The molecule has 0 aliphatic rings. The zero-order chi connectivity index (χ0) is 14.1.